The fourth-order valence-electron chi connectivity index (χ4n) is 1.56. The van der Waals surface area contributed by atoms with E-state index in [1.807, 2.05) is 0 Å². The number of ether oxygens (including phenoxy) is 1. The first-order valence-electron chi connectivity index (χ1n) is 4.84. The maximum Gasteiger partial charge on any atom is 0.416 e. The van der Waals surface area contributed by atoms with E-state index in [0.717, 1.165) is 12.1 Å². The SMILES string of the molecule is COc1cc(C(F)(F)F)cc(C2(O)CC2)c1. The van der Waals surface area contributed by atoms with Crippen LogP contribution in [-0.4, -0.2) is 12.2 Å². The average molecular weight is 232 g/mol. The average Bonchev–Trinajstić information content (AvgIpc) is 2.96. The Balaban J connectivity index is 2.47. The Morgan fingerprint density at radius 3 is 2.31 bits per heavy atom. The van der Waals surface area contributed by atoms with Crippen LogP contribution in [0.4, 0.5) is 13.2 Å². The first kappa shape index (κ1) is 11.3. The largest absolute Gasteiger partial charge is 0.497 e. The van der Waals surface area contributed by atoms with Crippen molar-refractivity contribution in [2.24, 2.45) is 0 Å². The summed E-state index contributed by atoms with van der Waals surface area (Å²) in [5.41, 5.74) is -1.60. The van der Waals surface area contributed by atoms with Gasteiger partial charge in [0.05, 0.1) is 18.3 Å². The fraction of sp³-hybridized carbons (Fsp3) is 0.455. The minimum absolute atomic E-state index is 0.116. The first-order valence-corrected chi connectivity index (χ1v) is 4.84. The molecule has 0 unspecified atom stereocenters. The third kappa shape index (κ3) is 2.00. The zero-order chi connectivity index (χ0) is 12.0. The van der Waals surface area contributed by atoms with Crippen molar-refractivity contribution in [1.82, 2.24) is 0 Å². The molecule has 2 rings (SSSR count). The standard InChI is InChI=1S/C11H11F3O2/c1-16-9-5-7(10(15)2-3-10)4-8(6-9)11(12,13)14/h4-6,15H,2-3H2,1H3. The van der Waals surface area contributed by atoms with Crippen LogP contribution in [-0.2, 0) is 11.8 Å². The quantitative estimate of drug-likeness (QED) is 0.849. The number of aliphatic hydroxyl groups is 1. The van der Waals surface area contributed by atoms with E-state index < -0.39 is 17.3 Å². The number of methoxy groups -OCH3 is 1. The van der Waals surface area contributed by atoms with E-state index in [1.165, 1.54) is 13.2 Å². The highest BCUT2D eigenvalue weighted by Crippen LogP contribution is 2.47. The molecule has 1 aliphatic carbocycles. The molecule has 1 aliphatic rings. The normalized spacial score (nSPS) is 18.3. The Morgan fingerprint density at radius 1 is 1.25 bits per heavy atom. The van der Waals surface area contributed by atoms with E-state index in [4.69, 9.17) is 4.74 Å². The molecule has 0 radical (unpaired) electrons. The highest BCUT2D eigenvalue weighted by Gasteiger charge is 2.44. The third-order valence-corrected chi connectivity index (χ3v) is 2.73. The van der Waals surface area contributed by atoms with Crippen LogP contribution in [0.1, 0.15) is 24.0 Å². The van der Waals surface area contributed by atoms with Crippen LogP contribution in [0.15, 0.2) is 18.2 Å². The van der Waals surface area contributed by atoms with Gasteiger partial charge in [0, 0.05) is 0 Å². The number of hydrogen-bond donors (Lipinski definition) is 1. The molecule has 0 atom stereocenters. The summed E-state index contributed by atoms with van der Waals surface area (Å²) < 4.78 is 42.5. The molecular weight excluding hydrogens is 221 g/mol. The van der Waals surface area contributed by atoms with Crippen molar-refractivity contribution in [2.75, 3.05) is 7.11 Å². The van der Waals surface area contributed by atoms with E-state index >= 15 is 0 Å². The van der Waals surface area contributed by atoms with Crippen molar-refractivity contribution in [3.63, 3.8) is 0 Å². The topological polar surface area (TPSA) is 29.5 Å². The summed E-state index contributed by atoms with van der Waals surface area (Å²) in [5.74, 6) is 0.116. The minimum atomic E-state index is -4.42. The van der Waals surface area contributed by atoms with E-state index in [2.05, 4.69) is 0 Å². The molecule has 1 N–H and O–H groups in total. The van der Waals surface area contributed by atoms with Gasteiger partial charge in [-0.2, -0.15) is 13.2 Å². The lowest BCUT2D eigenvalue weighted by molar-refractivity contribution is -0.137. The van der Waals surface area contributed by atoms with Gasteiger partial charge >= 0.3 is 6.18 Å². The zero-order valence-electron chi connectivity index (χ0n) is 8.64. The Hall–Kier alpha value is -1.23. The maximum absolute atomic E-state index is 12.6. The Bertz CT molecular complexity index is 385. The monoisotopic (exact) mass is 232 g/mol. The number of halogens is 3. The second-order valence-electron chi connectivity index (χ2n) is 3.98. The summed E-state index contributed by atoms with van der Waals surface area (Å²) in [6.45, 7) is 0. The van der Waals surface area contributed by atoms with Gasteiger partial charge < -0.3 is 9.84 Å². The Kier molecular flexibility index (Phi) is 2.38. The van der Waals surface area contributed by atoms with Gasteiger partial charge in [0.25, 0.3) is 0 Å². The summed E-state index contributed by atoms with van der Waals surface area (Å²) in [6, 6.07) is 3.35. The van der Waals surface area contributed by atoms with Crippen molar-refractivity contribution in [3.8, 4) is 5.75 Å². The molecule has 16 heavy (non-hydrogen) atoms. The molecule has 0 saturated heterocycles. The predicted molar refractivity (Wildman–Crippen MR) is 51.1 cm³/mol. The van der Waals surface area contributed by atoms with E-state index in [0.29, 0.717) is 12.8 Å². The first-order chi connectivity index (χ1) is 7.35. The molecule has 88 valence electrons. The molecule has 1 aromatic carbocycles. The molecule has 1 fully saturated rings. The molecule has 5 heteroatoms. The lowest BCUT2D eigenvalue weighted by atomic mass is 10.0. The second-order valence-corrected chi connectivity index (χ2v) is 3.98. The predicted octanol–water partition coefficient (Wildman–Crippen LogP) is 2.70. The number of hydrogen-bond acceptors (Lipinski definition) is 2. The third-order valence-electron chi connectivity index (χ3n) is 2.73. The van der Waals surface area contributed by atoms with Crippen LogP contribution in [0, 0.1) is 0 Å². The number of benzene rings is 1. The molecule has 0 spiro atoms. The second kappa shape index (κ2) is 3.38. The molecule has 0 amide bonds. The van der Waals surface area contributed by atoms with E-state index in [-0.39, 0.29) is 11.3 Å². The molecule has 1 saturated carbocycles. The van der Waals surface area contributed by atoms with Gasteiger partial charge in [-0.1, -0.05) is 0 Å². The van der Waals surface area contributed by atoms with Gasteiger partial charge in [-0.05, 0) is 36.6 Å². The summed E-state index contributed by atoms with van der Waals surface area (Å²) in [4.78, 5) is 0. The summed E-state index contributed by atoms with van der Waals surface area (Å²) in [6.07, 6.45) is -3.43. The van der Waals surface area contributed by atoms with Crippen LogP contribution < -0.4 is 4.74 Å². The minimum Gasteiger partial charge on any atom is -0.497 e. The summed E-state index contributed by atoms with van der Waals surface area (Å²) >= 11 is 0. The molecule has 0 heterocycles. The lowest BCUT2D eigenvalue weighted by Crippen LogP contribution is -2.10. The van der Waals surface area contributed by atoms with E-state index in [9.17, 15) is 18.3 Å². The van der Waals surface area contributed by atoms with E-state index in [1.54, 1.807) is 0 Å². The Morgan fingerprint density at radius 2 is 1.88 bits per heavy atom. The van der Waals surface area contributed by atoms with Gasteiger partial charge in [-0.3, -0.25) is 0 Å². The van der Waals surface area contributed by atoms with Crippen LogP contribution in [0.2, 0.25) is 0 Å². The van der Waals surface area contributed by atoms with Crippen LogP contribution in [0.25, 0.3) is 0 Å². The molecule has 0 aliphatic heterocycles. The van der Waals surface area contributed by atoms with Crippen molar-refractivity contribution >= 4 is 0 Å². The molecular formula is C11H11F3O2. The maximum atomic E-state index is 12.6. The van der Waals surface area contributed by atoms with Gasteiger partial charge in [0.1, 0.15) is 5.75 Å². The van der Waals surface area contributed by atoms with Crippen molar-refractivity contribution in [1.29, 1.82) is 0 Å². The highest BCUT2D eigenvalue weighted by atomic mass is 19.4. The highest BCUT2D eigenvalue weighted by molar-refractivity contribution is 5.40. The number of alkyl halides is 3. The van der Waals surface area contributed by atoms with Gasteiger partial charge in [0.2, 0.25) is 0 Å². The van der Waals surface area contributed by atoms with Gasteiger partial charge in [0.15, 0.2) is 0 Å². The van der Waals surface area contributed by atoms with Gasteiger partial charge in [-0.25, -0.2) is 0 Å². The molecule has 0 aromatic heterocycles. The van der Waals surface area contributed by atoms with Crippen LogP contribution in [0.3, 0.4) is 0 Å². The molecule has 1 aromatic rings. The van der Waals surface area contributed by atoms with Crippen molar-refractivity contribution < 1.29 is 23.0 Å². The summed E-state index contributed by atoms with van der Waals surface area (Å²) in [7, 11) is 1.30. The zero-order valence-corrected chi connectivity index (χ0v) is 8.64. The smallest absolute Gasteiger partial charge is 0.416 e. The van der Waals surface area contributed by atoms with Gasteiger partial charge in [-0.15, -0.1) is 0 Å². The van der Waals surface area contributed by atoms with Crippen molar-refractivity contribution in [3.05, 3.63) is 29.3 Å². The fourth-order valence-corrected chi connectivity index (χ4v) is 1.56. The van der Waals surface area contributed by atoms with Crippen molar-refractivity contribution in [2.45, 2.75) is 24.6 Å². The summed E-state index contributed by atoms with van der Waals surface area (Å²) in [5, 5.41) is 9.79. The molecule has 2 nitrogen and oxygen atoms in total. The van der Waals surface area contributed by atoms with Crippen LogP contribution >= 0.6 is 0 Å². The molecule has 0 bridgehead atoms. The number of rotatable bonds is 2. The Labute approximate surface area is 90.7 Å². The lowest BCUT2D eigenvalue weighted by Gasteiger charge is -2.14. The van der Waals surface area contributed by atoms with Crippen LogP contribution in [0.5, 0.6) is 5.75 Å².